The average molecular weight is 410 g/mol. The molecular formula is C23H24ClN3O2. The Hall–Kier alpha value is -2.63. The molecule has 0 amide bonds. The van der Waals surface area contributed by atoms with Crippen molar-refractivity contribution in [2.45, 2.75) is 25.9 Å². The molecule has 2 heterocycles. The molecule has 0 spiro atoms. The first-order chi connectivity index (χ1) is 14.1. The first-order valence-corrected chi connectivity index (χ1v) is 10.3. The second-order valence-electron chi connectivity index (χ2n) is 7.29. The van der Waals surface area contributed by atoms with Crippen molar-refractivity contribution in [3.63, 3.8) is 0 Å². The van der Waals surface area contributed by atoms with Crippen molar-refractivity contribution in [2.75, 3.05) is 19.7 Å². The highest BCUT2D eigenvalue weighted by molar-refractivity contribution is 6.30. The molecular weight excluding hydrogens is 386 g/mol. The summed E-state index contributed by atoms with van der Waals surface area (Å²) in [5, 5.41) is 5.62. The van der Waals surface area contributed by atoms with E-state index in [9.17, 15) is 4.79 Å². The van der Waals surface area contributed by atoms with E-state index >= 15 is 0 Å². The molecule has 5 nitrogen and oxygen atoms in total. The number of carbonyl (C=O) groups is 1. The van der Waals surface area contributed by atoms with Crippen molar-refractivity contribution < 1.29 is 9.53 Å². The van der Waals surface area contributed by atoms with E-state index in [1.807, 2.05) is 37.3 Å². The number of ether oxygens (including phenoxy) is 1. The SMILES string of the molecule is CCOC(=O)CN1Cc2cc(-c3ccc(Cl)cc3)nn2C(Cc2ccccc2)C1. The molecule has 1 atom stereocenters. The highest BCUT2D eigenvalue weighted by Gasteiger charge is 2.28. The van der Waals surface area contributed by atoms with Crippen LogP contribution in [0, 0.1) is 0 Å². The zero-order chi connectivity index (χ0) is 20.2. The number of fused-ring (bicyclic) bond motifs is 1. The van der Waals surface area contributed by atoms with Gasteiger partial charge >= 0.3 is 5.97 Å². The highest BCUT2D eigenvalue weighted by atomic mass is 35.5. The maximum absolute atomic E-state index is 12.0. The van der Waals surface area contributed by atoms with Gasteiger partial charge < -0.3 is 4.74 Å². The fourth-order valence-corrected chi connectivity index (χ4v) is 3.97. The molecule has 0 saturated heterocycles. The second kappa shape index (κ2) is 8.80. The van der Waals surface area contributed by atoms with Gasteiger partial charge in [0, 0.05) is 23.7 Å². The van der Waals surface area contributed by atoms with Crippen LogP contribution in [0.15, 0.2) is 60.7 Å². The molecule has 3 aromatic rings. The maximum atomic E-state index is 12.0. The number of carbonyl (C=O) groups excluding carboxylic acids is 1. The quantitative estimate of drug-likeness (QED) is 0.567. The Kier molecular flexibility index (Phi) is 5.97. The van der Waals surface area contributed by atoms with Crippen LogP contribution in [0.3, 0.4) is 0 Å². The van der Waals surface area contributed by atoms with E-state index in [1.54, 1.807) is 0 Å². The van der Waals surface area contributed by atoms with Crippen molar-refractivity contribution in [1.82, 2.24) is 14.7 Å². The molecule has 0 radical (unpaired) electrons. The lowest BCUT2D eigenvalue weighted by Crippen LogP contribution is -2.41. The molecule has 4 rings (SSSR count). The van der Waals surface area contributed by atoms with Gasteiger partial charge in [-0.15, -0.1) is 0 Å². The first-order valence-electron chi connectivity index (χ1n) is 9.88. The first kappa shape index (κ1) is 19.7. The number of aromatic nitrogens is 2. The minimum absolute atomic E-state index is 0.150. The molecule has 29 heavy (non-hydrogen) atoms. The fraction of sp³-hybridized carbons (Fsp3) is 0.304. The summed E-state index contributed by atoms with van der Waals surface area (Å²) >= 11 is 6.03. The van der Waals surface area contributed by atoms with Gasteiger partial charge in [-0.05, 0) is 37.1 Å². The Labute approximate surface area is 175 Å². The standard InChI is InChI=1S/C23H24ClN3O2/c1-2-29-23(28)16-26-14-20(12-17-6-4-3-5-7-17)27-21(15-26)13-22(25-27)18-8-10-19(24)11-9-18/h3-11,13,20H,2,12,14-16H2,1H3. The summed E-state index contributed by atoms with van der Waals surface area (Å²) in [6.45, 7) is 3.95. The van der Waals surface area contributed by atoms with Crippen LogP contribution in [-0.4, -0.2) is 40.3 Å². The number of nitrogens with zero attached hydrogens (tertiary/aromatic N) is 3. The van der Waals surface area contributed by atoms with E-state index in [0.717, 1.165) is 29.9 Å². The van der Waals surface area contributed by atoms with E-state index in [0.29, 0.717) is 24.7 Å². The monoisotopic (exact) mass is 409 g/mol. The maximum Gasteiger partial charge on any atom is 0.320 e. The van der Waals surface area contributed by atoms with Gasteiger partial charge in [-0.1, -0.05) is 54.1 Å². The highest BCUT2D eigenvalue weighted by Crippen LogP contribution is 2.29. The van der Waals surface area contributed by atoms with Gasteiger partial charge in [-0.25, -0.2) is 0 Å². The number of halogens is 1. The van der Waals surface area contributed by atoms with E-state index in [1.165, 1.54) is 5.56 Å². The summed E-state index contributed by atoms with van der Waals surface area (Å²) < 4.78 is 7.28. The second-order valence-corrected chi connectivity index (χ2v) is 7.73. The zero-order valence-corrected chi connectivity index (χ0v) is 17.2. The van der Waals surface area contributed by atoms with E-state index in [2.05, 4.69) is 39.9 Å². The predicted molar refractivity (Wildman–Crippen MR) is 114 cm³/mol. The molecule has 0 bridgehead atoms. The van der Waals surface area contributed by atoms with Gasteiger partial charge in [0.05, 0.1) is 30.6 Å². The summed E-state index contributed by atoms with van der Waals surface area (Å²) in [7, 11) is 0. The number of hydrogen-bond acceptors (Lipinski definition) is 4. The smallest absolute Gasteiger partial charge is 0.320 e. The van der Waals surface area contributed by atoms with Crippen molar-refractivity contribution in [1.29, 1.82) is 0 Å². The lowest BCUT2D eigenvalue weighted by molar-refractivity contribution is -0.144. The van der Waals surface area contributed by atoms with Gasteiger partial charge in [0.2, 0.25) is 0 Å². The van der Waals surface area contributed by atoms with Crippen LogP contribution in [-0.2, 0) is 22.5 Å². The van der Waals surface area contributed by atoms with E-state index in [-0.39, 0.29) is 12.0 Å². The summed E-state index contributed by atoms with van der Waals surface area (Å²) in [6.07, 6.45) is 0.856. The van der Waals surface area contributed by atoms with E-state index < -0.39 is 0 Å². The largest absolute Gasteiger partial charge is 0.465 e. The topological polar surface area (TPSA) is 47.4 Å². The van der Waals surface area contributed by atoms with Crippen LogP contribution in [0.2, 0.25) is 5.02 Å². The average Bonchev–Trinajstić information content (AvgIpc) is 3.14. The zero-order valence-electron chi connectivity index (χ0n) is 16.4. The summed E-state index contributed by atoms with van der Waals surface area (Å²) in [5.74, 6) is -0.183. The van der Waals surface area contributed by atoms with Crippen molar-refractivity contribution in [3.05, 3.63) is 76.9 Å². The third-order valence-corrected chi connectivity index (χ3v) is 5.38. The third kappa shape index (κ3) is 4.69. The van der Waals surface area contributed by atoms with Crippen LogP contribution >= 0.6 is 11.6 Å². The van der Waals surface area contributed by atoms with Crippen molar-refractivity contribution in [3.8, 4) is 11.3 Å². The van der Waals surface area contributed by atoms with Crippen LogP contribution < -0.4 is 0 Å². The molecule has 0 aliphatic carbocycles. The van der Waals surface area contributed by atoms with Gasteiger partial charge in [-0.3, -0.25) is 14.4 Å². The summed E-state index contributed by atoms with van der Waals surface area (Å²) in [5.41, 5.74) is 4.32. The predicted octanol–water partition coefficient (Wildman–Crippen LogP) is 4.37. The fourth-order valence-electron chi connectivity index (χ4n) is 3.84. The normalized spacial score (nSPS) is 16.4. The number of benzene rings is 2. The molecule has 150 valence electrons. The Balaban J connectivity index is 1.63. The van der Waals surface area contributed by atoms with Crippen LogP contribution in [0.1, 0.15) is 24.2 Å². The Morgan fingerprint density at radius 1 is 1.17 bits per heavy atom. The molecule has 1 unspecified atom stereocenters. The third-order valence-electron chi connectivity index (χ3n) is 5.13. The lowest BCUT2D eigenvalue weighted by atomic mass is 10.0. The minimum Gasteiger partial charge on any atom is -0.465 e. The summed E-state index contributed by atoms with van der Waals surface area (Å²) in [6, 6.07) is 20.4. The van der Waals surface area contributed by atoms with Gasteiger partial charge in [0.1, 0.15) is 0 Å². The Morgan fingerprint density at radius 2 is 1.93 bits per heavy atom. The molecule has 1 aromatic heterocycles. The molecule has 1 aliphatic rings. The van der Waals surface area contributed by atoms with Crippen molar-refractivity contribution >= 4 is 17.6 Å². The molecule has 6 heteroatoms. The molecule has 0 N–H and O–H groups in total. The molecule has 1 aliphatic heterocycles. The van der Waals surface area contributed by atoms with Crippen LogP contribution in [0.5, 0.6) is 0 Å². The van der Waals surface area contributed by atoms with Gasteiger partial charge in [0.15, 0.2) is 0 Å². The minimum atomic E-state index is -0.183. The summed E-state index contributed by atoms with van der Waals surface area (Å²) in [4.78, 5) is 14.2. The Bertz CT molecular complexity index is 970. The number of rotatable bonds is 6. The van der Waals surface area contributed by atoms with Crippen LogP contribution in [0.25, 0.3) is 11.3 Å². The molecule has 2 aromatic carbocycles. The van der Waals surface area contributed by atoms with E-state index in [4.69, 9.17) is 21.4 Å². The van der Waals surface area contributed by atoms with Crippen LogP contribution in [0.4, 0.5) is 0 Å². The molecule has 0 saturated carbocycles. The molecule has 0 fully saturated rings. The lowest BCUT2D eigenvalue weighted by Gasteiger charge is -2.33. The van der Waals surface area contributed by atoms with Crippen molar-refractivity contribution in [2.24, 2.45) is 0 Å². The Morgan fingerprint density at radius 3 is 2.66 bits per heavy atom. The number of hydrogen-bond donors (Lipinski definition) is 0. The number of esters is 1. The van der Waals surface area contributed by atoms with Gasteiger partial charge in [-0.2, -0.15) is 5.10 Å². The van der Waals surface area contributed by atoms with Gasteiger partial charge in [0.25, 0.3) is 0 Å².